The van der Waals surface area contributed by atoms with E-state index in [1.54, 1.807) is 13.2 Å². The van der Waals surface area contributed by atoms with Crippen LogP contribution in [0.2, 0.25) is 0 Å². The van der Waals surface area contributed by atoms with E-state index in [0.717, 1.165) is 6.42 Å². The second-order valence-electron chi connectivity index (χ2n) is 2.12. The van der Waals surface area contributed by atoms with Gasteiger partial charge in [0.1, 0.15) is 0 Å². The van der Waals surface area contributed by atoms with Crippen LogP contribution in [0.3, 0.4) is 0 Å². The van der Waals surface area contributed by atoms with Crippen molar-refractivity contribution in [2.24, 2.45) is 0 Å². The van der Waals surface area contributed by atoms with E-state index in [1.165, 1.54) is 0 Å². The summed E-state index contributed by atoms with van der Waals surface area (Å²) in [5.41, 5.74) is 0.645. The first kappa shape index (κ1) is 10.1. The summed E-state index contributed by atoms with van der Waals surface area (Å²) in [4.78, 5) is 0. The van der Waals surface area contributed by atoms with E-state index in [9.17, 15) is 0 Å². The average molecular weight is 153 g/mol. The molecule has 0 bridgehead atoms. The highest BCUT2D eigenvalue weighted by Crippen LogP contribution is 1.85. The second-order valence-corrected chi connectivity index (χ2v) is 2.12. The summed E-state index contributed by atoms with van der Waals surface area (Å²) in [5, 5.41) is 7.27. The molecule has 1 N–H and O–H groups in total. The first-order valence-corrected chi connectivity index (χ1v) is 3.70. The molecule has 0 rings (SSSR count). The lowest BCUT2D eigenvalue weighted by atomic mass is 10.3. The molecule has 0 amide bonds. The van der Waals surface area contributed by atoms with Gasteiger partial charge in [-0.25, -0.2) is 0 Å². The quantitative estimate of drug-likeness (QED) is 0.476. The van der Waals surface area contributed by atoms with E-state index >= 15 is 0 Å². The SMILES string of the molecule is CCC(=N)/C=C\C=CCOC. The fourth-order valence-electron chi connectivity index (χ4n) is 0.520. The highest BCUT2D eigenvalue weighted by molar-refractivity contribution is 5.92. The highest BCUT2D eigenvalue weighted by atomic mass is 16.5. The van der Waals surface area contributed by atoms with E-state index in [1.807, 2.05) is 25.2 Å². The fraction of sp³-hybridized carbons (Fsp3) is 0.444. The van der Waals surface area contributed by atoms with Gasteiger partial charge in [-0.15, -0.1) is 0 Å². The Morgan fingerprint density at radius 1 is 1.45 bits per heavy atom. The third kappa shape index (κ3) is 7.00. The van der Waals surface area contributed by atoms with Gasteiger partial charge >= 0.3 is 0 Å². The van der Waals surface area contributed by atoms with Crippen LogP contribution in [0.5, 0.6) is 0 Å². The number of hydrogen-bond donors (Lipinski definition) is 1. The Bertz CT molecular complexity index is 159. The minimum Gasteiger partial charge on any atom is -0.381 e. The summed E-state index contributed by atoms with van der Waals surface area (Å²) in [7, 11) is 1.65. The van der Waals surface area contributed by atoms with E-state index in [0.29, 0.717) is 12.3 Å². The molecule has 0 spiro atoms. The topological polar surface area (TPSA) is 33.1 Å². The molecule has 0 aromatic heterocycles. The Labute approximate surface area is 68.1 Å². The lowest BCUT2D eigenvalue weighted by molar-refractivity contribution is 0.234. The summed E-state index contributed by atoms with van der Waals surface area (Å²) in [6.45, 7) is 2.59. The second kappa shape index (κ2) is 7.22. The van der Waals surface area contributed by atoms with Crippen LogP contribution in [-0.4, -0.2) is 19.4 Å². The van der Waals surface area contributed by atoms with Crippen LogP contribution in [0.25, 0.3) is 0 Å². The largest absolute Gasteiger partial charge is 0.381 e. The van der Waals surface area contributed by atoms with Crippen molar-refractivity contribution < 1.29 is 4.74 Å². The first-order chi connectivity index (χ1) is 5.31. The smallest absolute Gasteiger partial charge is 0.0646 e. The molecule has 0 saturated heterocycles. The van der Waals surface area contributed by atoms with Crippen LogP contribution in [0, 0.1) is 5.41 Å². The molecule has 0 aromatic carbocycles. The summed E-state index contributed by atoms with van der Waals surface area (Å²) in [6.07, 6.45) is 8.21. The molecule has 0 fully saturated rings. The molecule has 0 heterocycles. The minimum atomic E-state index is 0.629. The summed E-state index contributed by atoms with van der Waals surface area (Å²) < 4.78 is 4.80. The molecule has 62 valence electrons. The van der Waals surface area contributed by atoms with Gasteiger partial charge in [0, 0.05) is 12.8 Å². The molecular formula is C9H15NO. The zero-order chi connectivity index (χ0) is 8.53. The maximum atomic E-state index is 7.27. The monoisotopic (exact) mass is 153 g/mol. The van der Waals surface area contributed by atoms with Crippen LogP contribution in [0.15, 0.2) is 24.3 Å². The number of nitrogens with one attached hydrogen (secondary N) is 1. The average Bonchev–Trinajstić information content (AvgIpc) is 2.04. The van der Waals surface area contributed by atoms with Gasteiger partial charge in [-0.05, 0) is 12.5 Å². The zero-order valence-electron chi connectivity index (χ0n) is 7.13. The van der Waals surface area contributed by atoms with Crippen molar-refractivity contribution >= 4 is 5.71 Å². The third-order valence-electron chi connectivity index (χ3n) is 1.19. The predicted octanol–water partition coefficient (Wildman–Crippen LogP) is 2.17. The Morgan fingerprint density at radius 2 is 2.18 bits per heavy atom. The van der Waals surface area contributed by atoms with E-state index in [4.69, 9.17) is 10.1 Å². The number of methoxy groups -OCH3 is 1. The van der Waals surface area contributed by atoms with Gasteiger partial charge in [-0.2, -0.15) is 0 Å². The number of rotatable bonds is 5. The van der Waals surface area contributed by atoms with Crippen molar-refractivity contribution in [2.75, 3.05) is 13.7 Å². The van der Waals surface area contributed by atoms with E-state index < -0.39 is 0 Å². The van der Waals surface area contributed by atoms with Gasteiger partial charge < -0.3 is 10.1 Å². The van der Waals surface area contributed by atoms with Gasteiger partial charge in [0.15, 0.2) is 0 Å². The molecule has 0 atom stereocenters. The Kier molecular flexibility index (Phi) is 6.64. The van der Waals surface area contributed by atoms with Gasteiger partial charge in [0.2, 0.25) is 0 Å². The molecule has 2 heteroatoms. The Morgan fingerprint density at radius 3 is 2.73 bits per heavy atom. The number of hydrogen-bond acceptors (Lipinski definition) is 2. The molecule has 0 radical (unpaired) electrons. The van der Waals surface area contributed by atoms with Crippen molar-refractivity contribution in [3.8, 4) is 0 Å². The van der Waals surface area contributed by atoms with Crippen molar-refractivity contribution in [3.05, 3.63) is 24.3 Å². The lowest BCUT2D eigenvalue weighted by Crippen LogP contribution is -1.84. The zero-order valence-corrected chi connectivity index (χ0v) is 7.13. The van der Waals surface area contributed by atoms with Gasteiger partial charge in [0.05, 0.1) is 6.61 Å². The third-order valence-corrected chi connectivity index (χ3v) is 1.19. The molecule has 0 aromatic rings. The van der Waals surface area contributed by atoms with Gasteiger partial charge in [-0.1, -0.05) is 25.2 Å². The van der Waals surface area contributed by atoms with Crippen LogP contribution in [0.4, 0.5) is 0 Å². The summed E-state index contributed by atoms with van der Waals surface area (Å²) >= 11 is 0. The number of ether oxygens (including phenoxy) is 1. The van der Waals surface area contributed by atoms with E-state index in [-0.39, 0.29) is 0 Å². The molecule has 11 heavy (non-hydrogen) atoms. The van der Waals surface area contributed by atoms with Gasteiger partial charge in [0.25, 0.3) is 0 Å². The minimum absolute atomic E-state index is 0.629. The maximum Gasteiger partial charge on any atom is 0.0646 e. The van der Waals surface area contributed by atoms with Crippen LogP contribution in [0.1, 0.15) is 13.3 Å². The standard InChI is InChI=1S/C9H15NO/c1-3-9(10)7-5-4-6-8-11-2/h4-7,10H,3,8H2,1-2H3/b6-4?,7-5-,10-9?. The first-order valence-electron chi connectivity index (χ1n) is 3.70. The van der Waals surface area contributed by atoms with Crippen LogP contribution in [-0.2, 0) is 4.74 Å². The van der Waals surface area contributed by atoms with Crippen molar-refractivity contribution in [3.63, 3.8) is 0 Å². The summed E-state index contributed by atoms with van der Waals surface area (Å²) in [5.74, 6) is 0. The molecule has 0 saturated carbocycles. The fourth-order valence-corrected chi connectivity index (χ4v) is 0.520. The summed E-state index contributed by atoms with van der Waals surface area (Å²) in [6, 6.07) is 0. The maximum absolute atomic E-state index is 7.27. The van der Waals surface area contributed by atoms with Gasteiger partial charge in [-0.3, -0.25) is 0 Å². The van der Waals surface area contributed by atoms with E-state index in [2.05, 4.69) is 0 Å². The van der Waals surface area contributed by atoms with Crippen molar-refractivity contribution in [2.45, 2.75) is 13.3 Å². The molecular weight excluding hydrogens is 138 g/mol. The molecule has 0 unspecified atom stereocenters. The lowest BCUT2D eigenvalue weighted by Gasteiger charge is -1.86. The molecule has 0 aliphatic rings. The van der Waals surface area contributed by atoms with Crippen molar-refractivity contribution in [1.29, 1.82) is 5.41 Å². The Hall–Kier alpha value is -0.890. The molecule has 0 aliphatic carbocycles. The normalized spacial score (nSPS) is 11.5. The molecule has 2 nitrogen and oxygen atoms in total. The van der Waals surface area contributed by atoms with Crippen LogP contribution < -0.4 is 0 Å². The van der Waals surface area contributed by atoms with Crippen molar-refractivity contribution in [1.82, 2.24) is 0 Å². The number of allylic oxidation sites excluding steroid dienone is 3. The predicted molar refractivity (Wildman–Crippen MR) is 48.2 cm³/mol. The van der Waals surface area contributed by atoms with Crippen LogP contribution >= 0.6 is 0 Å². The molecule has 0 aliphatic heterocycles. The highest BCUT2D eigenvalue weighted by Gasteiger charge is 1.79. The Balaban J connectivity index is 3.50.